The minimum atomic E-state index is 0. The van der Waals surface area contributed by atoms with E-state index in [1.165, 1.54) is 0 Å². The van der Waals surface area contributed by atoms with Gasteiger partial charge in [-0.3, -0.25) is 0 Å². The number of aromatic nitrogens is 2. The van der Waals surface area contributed by atoms with Crippen LogP contribution in [0.3, 0.4) is 0 Å². The van der Waals surface area contributed by atoms with Gasteiger partial charge in [0.25, 0.3) is 0 Å². The molecular weight excluding hydrogens is 273 g/mol. The second kappa shape index (κ2) is 7.16. The number of hydrogen-bond donors (Lipinski definition) is 1. The molecule has 0 aliphatic rings. The van der Waals surface area contributed by atoms with Crippen LogP contribution in [0.4, 0.5) is 0 Å². The molecule has 96 valence electrons. The Labute approximate surface area is 116 Å². The summed E-state index contributed by atoms with van der Waals surface area (Å²) in [5.74, 6) is 1.12. The molecular formula is C12H13Cl2N3O. The topological polar surface area (TPSA) is 51.0 Å². The highest BCUT2D eigenvalue weighted by molar-refractivity contribution is 6.30. The minimum Gasteiger partial charge on any atom is -0.338 e. The summed E-state index contributed by atoms with van der Waals surface area (Å²) in [7, 11) is 0. The highest BCUT2D eigenvalue weighted by Gasteiger charge is 2.07. The van der Waals surface area contributed by atoms with Crippen LogP contribution in [0.25, 0.3) is 11.4 Å². The molecule has 0 aliphatic carbocycles. The number of rotatable bonds is 5. The van der Waals surface area contributed by atoms with Crippen LogP contribution in [-0.4, -0.2) is 16.7 Å². The van der Waals surface area contributed by atoms with Crippen molar-refractivity contribution in [2.45, 2.75) is 6.54 Å². The summed E-state index contributed by atoms with van der Waals surface area (Å²) in [6.45, 7) is 4.85. The number of benzene rings is 1. The lowest BCUT2D eigenvalue weighted by atomic mass is 10.2. The molecule has 2 rings (SSSR count). The summed E-state index contributed by atoms with van der Waals surface area (Å²) < 4.78 is 5.10. The summed E-state index contributed by atoms with van der Waals surface area (Å²) in [6.07, 6.45) is 1.77. The van der Waals surface area contributed by atoms with E-state index in [1.807, 2.05) is 12.1 Å². The predicted octanol–water partition coefficient (Wildman–Crippen LogP) is 3.09. The van der Waals surface area contributed by atoms with Crippen LogP contribution >= 0.6 is 24.0 Å². The molecule has 1 heterocycles. The normalized spacial score (nSPS) is 9.83. The standard InChI is InChI=1S/C12H12ClN3O.ClH/c1-2-7-14-8-11-15-12(16-17-11)9-3-5-10(13)6-4-9;/h2-6,14H,1,7-8H2;1H. The minimum absolute atomic E-state index is 0. The first-order valence-electron chi connectivity index (χ1n) is 5.20. The fraction of sp³-hybridized carbons (Fsp3) is 0.167. The number of hydrogen-bond acceptors (Lipinski definition) is 4. The largest absolute Gasteiger partial charge is 0.338 e. The number of nitrogens with zero attached hydrogens (tertiary/aromatic N) is 2. The molecule has 18 heavy (non-hydrogen) atoms. The maximum Gasteiger partial charge on any atom is 0.240 e. The van der Waals surface area contributed by atoms with E-state index in [1.54, 1.807) is 18.2 Å². The maximum atomic E-state index is 5.81. The van der Waals surface area contributed by atoms with Crippen molar-refractivity contribution in [1.29, 1.82) is 0 Å². The van der Waals surface area contributed by atoms with Crippen LogP contribution in [0.5, 0.6) is 0 Å². The Kier molecular flexibility index (Phi) is 5.85. The molecule has 0 saturated carbocycles. The highest BCUT2D eigenvalue weighted by atomic mass is 35.5. The van der Waals surface area contributed by atoms with Gasteiger partial charge in [0, 0.05) is 17.1 Å². The van der Waals surface area contributed by atoms with Crippen LogP contribution in [-0.2, 0) is 6.54 Å². The first kappa shape index (κ1) is 14.7. The molecule has 4 nitrogen and oxygen atoms in total. The van der Waals surface area contributed by atoms with Crippen molar-refractivity contribution in [2.24, 2.45) is 0 Å². The molecule has 1 aromatic heterocycles. The third-order valence-corrected chi connectivity index (χ3v) is 2.39. The van der Waals surface area contributed by atoms with Crippen LogP contribution < -0.4 is 5.32 Å². The predicted molar refractivity (Wildman–Crippen MR) is 73.9 cm³/mol. The zero-order valence-electron chi connectivity index (χ0n) is 9.60. The Morgan fingerprint density at radius 1 is 1.33 bits per heavy atom. The van der Waals surface area contributed by atoms with Gasteiger partial charge in [-0.2, -0.15) is 4.98 Å². The molecule has 0 saturated heterocycles. The Morgan fingerprint density at radius 2 is 2.06 bits per heavy atom. The Morgan fingerprint density at radius 3 is 2.72 bits per heavy atom. The van der Waals surface area contributed by atoms with Crippen LogP contribution in [0.15, 0.2) is 41.4 Å². The lowest BCUT2D eigenvalue weighted by molar-refractivity contribution is 0.370. The Hall–Kier alpha value is -1.36. The van der Waals surface area contributed by atoms with Gasteiger partial charge in [0.05, 0.1) is 6.54 Å². The quantitative estimate of drug-likeness (QED) is 0.678. The molecule has 0 unspecified atom stereocenters. The zero-order chi connectivity index (χ0) is 12.1. The molecule has 1 N–H and O–H groups in total. The van der Waals surface area contributed by atoms with Gasteiger partial charge in [-0.05, 0) is 24.3 Å². The monoisotopic (exact) mass is 285 g/mol. The summed E-state index contributed by atoms with van der Waals surface area (Å²) in [4.78, 5) is 4.26. The van der Waals surface area contributed by atoms with E-state index in [4.69, 9.17) is 16.1 Å². The van der Waals surface area contributed by atoms with Gasteiger partial charge in [-0.25, -0.2) is 0 Å². The van der Waals surface area contributed by atoms with Crippen molar-refractivity contribution < 1.29 is 4.52 Å². The molecule has 0 amide bonds. The molecule has 2 aromatic rings. The van der Waals surface area contributed by atoms with Crippen molar-refractivity contribution in [3.63, 3.8) is 0 Å². The zero-order valence-corrected chi connectivity index (χ0v) is 11.2. The lowest BCUT2D eigenvalue weighted by Gasteiger charge is -1.94. The maximum absolute atomic E-state index is 5.81. The van der Waals surface area contributed by atoms with E-state index in [0.717, 1.165) is 5.56 Å². The fourth-order valence-electron chi connectivity index (χ4n) is 1.32. The second-order valence-corrected chi connectivity index (χ2v) is 3.87. The van der Waals surface area contributed by atoms with E-state index < -0.39 is 0 Å². The molecule has 0 bridgehead atoms. The summed E-state index contributed by atoms with van der Waals surface area (Å²) in [5, 5.41) is 7.67. The van der Waals surface area contributed by atoms with Gasteiger partial charge in [0.15, 0.2) is 0 Å². The van der Waals surface area contributed by atoms with Crippen molar-refractivity contribution in [1.82, 2.24) is 15.5 Å². The average molecular weight is 286 g/mol. The van der Waals surface area contributed by atoms with Gasteiger partial charge in [0.1, 0.15) is 0 Å². The van der Waals surface area contributed by atoms with Crippen LogP contribution in [0.1, 0.15) is 5.89 Å². The van der Waals surface area contributed by atoms with Gasteiger partial charge in [-0.1, -0.05) is 22.8 Å². The van der Waals surface area contributed by atoms with Crippen LogP contribution in [0.2, 0.25) is 5.02 Å². The first-order valence-corrected chi connectivity index (χ1v) is 5.57. The van der Waals surface area contributed by atoms with Crippen LogP contribution in [0, 0.1) is 0 Å². The second-order valence-electron chi connectivity index (χ2n) is 3.44. The SMILES string of the molecule is C=CCNCc1nc(-c2ccc(Cl)cc2)no1.Cl. The van der Waals surface area contributed by atoms with E-state index in [9.17, 15) is 0 Å². The number of halogens is 2. The molecule has 0 aliphatic heterocycles. The van der Waals surface area contributed by atoms with Gasteiger partial charge >= 0.3 is 0 Å². The first-order chi connectivity index (χ1) is 8.29. The lowest BCUT2D eigenvalue weighted by Crippen LogP contribution is -2.12. The fourth-order valence-corrected chi connectivity index (χ4v) is 1.45. The third kappa shape index (κ3) is 3.84. The van der Waals surface area contributed by atoms with E-state index in [-0.39, 0.29) is 12.4 Å². The van der Waals surface area contributed by atoms with Crippen molar-refractivity contribution in [2.75, 3.05) is 6.54 Å². The van der Waals surface area contributed by atoms with Crippen molar-refractivity contribution in [3.8, 4) is 11.4 Å². The highest BCUT2D eigenvalue weighted by Crippen LogP contribution is 2.18. The summed E-state index contributed by atoms with van der Waals surface area (Å²) in [6, 6.07) is 7.30. The van der Waals surface area contributed by atoms with E-state index >= 15 is 0 Å². The molecule has 0 fully saturated rings. The van der Waals surface area contributed by atoms with Gasteiger partial charge in [0.2, 0.25) is 11.7 Å². The van der Waals surface area contributed by atoms with Gasteiger partial charge < -0.3 is 9.84 Å². The molecule has 1 aromatic carbocycles. The molecule has 0 radical (unpaired) electrons. The molecule has 6 heteroatoms. The molecule has 0 atom stereocenters. The van der Waals surface area contributed by atoms with Gasteiger partial charge in [-0.15, -0.1) is 19.0 Å². The van der Waals surface area contributed by atoms with Crippen molar-refractivity contribution >= 4 is 24.0 Å². The Balaban J connectivity index is 0.00000162. The third-order valence-electron chi connectivity index (χ3n) is 2.14. The average Bonchev–Trinajstić information content (AvgIpc) is 2.79. The molecule has 0 spiro atoms. The Bertz CT molecular complexity index is 496. The smallest absolute Gasteiger partial charge is 0.240 e. The number of nitrogens with one attached hydrogen (secondary N) is 1. The van der Waals surface area contributed by atoms with E-state index in [0.29, 0.717) is 29.8 Å². The van der Waals surface area contributed by atoms with E-state index in [2.05, 4.69) is 22.0 Å². The summed E-state index contributed by atoms with van der Waals surface area (Å²) >= 11 is 5.81. The van der Waals surface area contributed by atoms with Crippen molar-refractivity contribution in [3.05, 3.63) is 47.8 Å². The summed E-state index contributed by atoms with van der Waals surface area (Å²) in [5.41, 5.74) is 0.883.